The zero-order valence-corrected chi connectivity index (χ0v) is 16.8. The van der Waals surface area contributed by atoms with Gasteiger partial charge in [0, 0.05) is 30.3 Å². The highest BCUT2D eigenvalue weighted by atomic mass is 16.5. The normalized spacial score (nSPS) is 14.1. The number of methoxy groups -OCH3 is 1. The van der Waals surface area contributed by atoms with Gasteiger partial charge in [0.2, 0.25) is 0 Å². The van der Waals surface area contributed by atoms with Crippen molar-refractivity contribution in [3.63, 3.8) is 0 Å². The number of imidazole rings is 1. The lowest BCUT2D eigenvalue weighted by atomic mass is 10.1. The Balaban J connectivity index is 1.60. The summed E-state index contributed by atoms with van der Waals surface area (Å²) in [7, 11) is 3.26. The van der Waals surface area contributed by atoms with Gasteiger partial charge in [0.1, 0.15) is 5.82 Å². The van der Waals surface area contributed by atoms with Crippen molar-refractivity contribution in [2.75, 3.05) is 13.7 Å². The molecule has 0 spiro atoms. The number of carbonyl (C=O) groups is 2. The highest BCUT2D eigenvalue weighted by molar-refractivity contribution is 6.04. The monoisotopic (exact) mass is 406 g/mol. The van der Waals surface area contributed by atoms with Crippen molar-refractivity contribution in [2.24, 2.45) is 12.2 Å². The number of fused-ring (bicyclic) bond motifs is 2. The van der Waals surface area contributed by atoms with E-state index in [4.69, 9.17) is 10.2 Å². The number of benzene rings is 2. The van der Waals surface area contributed by atoms with Gasteiger partial charge in [-0.25, -0.2) is 4.98 Å². The molecule has 2 N–H and O–H groups in total. The molecule has 0 saturated carbocycles. The minimum absolute atomic E-state index is 0.124. The van der Waals surface area contributed by atoms with E-state index in [2.05, 4.69) is 21.3 Å². The van der Waals surface area contributed by atoms with Crippen LogP contribution in [0.2, 0.25) is 0 Å². The number of oxime groups is 1. The third kappa shape index (κ3) is 3.52. The lowest BCUT2D eigenvalue weighted by molar-refractivity contribution is -0.140. The van der Waals surface area contributed by atoms with Crippen molar-refractivity contribution >= 4 is 28.6 Å². The van der Waals surface area contributed by atoms with Crippen LogP contribution >= 0.6 is 0 Å². The van der Waals surface area contributed by atoms with Crippen LogP contribution in [0.5, 0.6) is 0 Å². The summed E-state index contributed by atoms with van der Waals surface area (Å²) in [5.74, 6) is 0.165. The Morgan fingerprint density at radius 1 is 1.23 bits per heavy atom. The lowest BCUT2D eigenvalue weighted by Crippen LogP contribution is -2.26. The number of esters is 1. The molecule has 0 bridgehead atoms. The largest absolute Gasteiger partial charge is 0.469 e. The van der Waals surface area contributed by atoms with Crippen LogP contribution in [0.4, 0.5) is 0 Å². The summed E-state index contributed by atoms with van der Waals surface area (Å²) in [6, 6.07) is 11.4. The van der Waals surface area contributed by atoms with Crippen LogP contribution in [-0.4, -0.2) is 46.0 Å². The molecule has 0 saturated heterocycles. The molecule has 3 aromatic rings. The van der Waals surface area contributed by atoms with Crippen LogP contribution in [0.25, 0.3) is 22.4 Å². The summed E-state index contributed by atoms with van der Waals surface area (Å²) in [6.07, 6.45) is 1.69. The SMILES string of the molecule is COC(=O)CCNC(=O)c1ccc2c(c1)nc(-c1ccc3c(c1)CC/C3=N/O)n2C. The molecule has 2 aromatic carbocycles. The van der Waals surface area contributed by atoms with Gasteiger partial charge in [-0.1, -0.05) is 17.3 Å². The fraction of sp³-hybridized carbons (Fsp3) is 0.273. The predicted molar refractivity (Wildman–Crippen MR) is 112 cm³/mol. The maximum Gasteiger partial charge on any atom is 0.307 e. The van der Waals surface area contributed by atoms with Gasteiger partial charge in [-0.3, -0.25) is 9.59 Å². The summed E-state index contributed by atoms with van der Waals surface area (Å²) in [6.45, 7) is 0.214. The smallest absolute Gasteiger partial charge is 0.307 e. The number of hydrogen-bond acceptors (Lipinski definition) is 6. The van der Waals surface area contributed by atoms with Crippen LogP contribution < -0.4 is 5.32 Å². The average Bonchev–Trinajstić information content (AvgIpc) is 3.33. The van der Waals surface area contributed by atoms with E-state index in [1.165, 1.54) is 7.11 Å². The van der Waals surface area contributed by atoms with Gasteiger partial charge in [0.15, 0.2) is 0 Å². The summed E-state index contributed by atoms with van der Waals surface area (Å²) >= 11 is 0. The fourth-order valence-electron chi connectivity index (χ4n) is 3.79. The second-order valence-corrected chi connectivity index (χ2v) is 7.20. The maximum absolute atomic E-state index is 12.4. The summed E-state index contributed by atoms with van der Waals surface area (Å²) in [5, 5.41) is 15.2. The molecule has 1 amide bonds. The first-order valence-corrected chi connectivity index (χ1v) is 9.68. The van der Waals surface area contributed by atoms with Gasteiger partial charge in [0.25, 0.3) is 5.91 Å². The Hall–Kier alpha value is -3.68. The second-order valence-electron chi connectivity index (χ2n) is 7.20. The van der Waals surface area contributed by atoms with E-state index in [0.717, 1.165) is 40.9 Å². The number of nitrogens with one attached hydrogen (secondary N) is 1. The Labute approximate surface area is 173 Å². The minimum atomic E-state index is -0.369. The van der Waals surface area contributed by atoms with E-state index in [0.29, 0.717) is 16.8 Å². The van der Waals surface area contributed by atoms with E-state index in [1.54, 1.807) is 12.1 Å². The predicted octanol–water partition coefficient (Wildman–Crippen LogP) is 2.66. The zero-order chi connectivity index (χ0) is 21.3. The number of aromatic nitrogens is 2. The number of nitrogens with zero attached hydrogens (tertiary/aromatic N) is 3. The third-order valence-electron chi connectivity index (χ3n) is 5.41. The molecule has 154 valence electrons. The Morgan fingerprint density at radius 3 is 2.83 bits per heavy atom. The summed E-state index contributed by atoms with van der Waals surface area (Å²) in [5.41, 5.74) is 5.90. The van der Waals surface area contributed by atoms with E-state index < -0.39 is 0 Å². The van der Waals surface area contributed by atoms with Crippen molar-refractivity contribution in [1.29, 1.82) is 0 Å². The molecule has 0 aliphatic heterocycles. The van der Waals surface area contributed by atoms with E-state index in [-0.39, 0.29) is 24.8 Å². The van der Waals surface area contributed by atoms with E-state index in [9.17, 15) is 9.59 Å². The highest BCUT2D eigenvalue weighted by Gasteiger charge is 2.20. The van der Waals surface area contributed by atoms with E-state index in [1.807, 2.05) is 29.8 Å². The molecule has 1 heterocycles. The molecule has 30 heavy (non-hydrogen) atoms. The Kier molecular flexibility index (Phi) is 5.22. The van der Waals surface area contributed by atoms with Gasteiger partial charge < -0.3 is 19.8 Å². The fourth-order valence-corrected chi connectivity index (χ4v) is 3.79. The number of amides is 1. The maximum atomic E-state index is 12.4. The molecule has 4 rings (SSSR count). The van der Waals surface area contributed by atoms with Crippen molar-refractivity contribution in [3.8, 4) is 11.4 Å². The number of aryl methyl sites for hydroxylation is 2. The number of carbonyl (C=O) groups excluding carboxylic acids is 2. The molecule has 0 atom stereocenters. The topological polar surface area (TPSA) is 106 Å². The molecule has 0 fully saturated rings. The lowest BCUT2D eigenvalue weighted by Gasteiger charge is -2.06. The third-order valence-corrected chi connectivity index (χ3v) is 5.41. The van der Waals surface area contributed by atoms with Gasteiger partial charge in [-0.2, -0.15) is 0 Å². The first-order chi connectivity index (χ1) is 14.5. The summed E-state index contributed by atoms with van der Waals surface area (Å²) in [4.78, 5) is 28.3. The molecule has 1 aromatic heterocycles. The second kappa shape index (κ2) is 7.98. The van der Waals surface area contributed by atoms with Crippen LogP contribution in [-0.2, 0) is 23.0 Å². The van der Waals surface area contributed by atoms with Crippen molar-refractivity contribution in [3.05, 3.63) is 53.1 Å². The van der Waals surface area contributed by atoms with E-state index >= 15 is 0 Å². The molecule has 0 radical (unpaired) electrons. The minimum Gasteiger partial charge on any atom is -0.469 e. The van der Waals surface area contributed by atoms with Crippen LogP contribution in [0, 0.1) is 0 Å². The average molecular weight is 406 g/mol. The van der Waals surface area contributed by atoms with Crippen molar-refractivity contribution in [1.82, 2.24) is 14.9 Å². The highest BCUT2D eigenvalue weighted by Crippen LogP contribution is 2.30. The van der Waals surface area contributed by atoms with Crippen LogP contribution in [0.15, 0.2) is 41.6 Å². The first kappa shape index (κ1) is 19.6. The molecule has 8 nitrogen and oxygen atoms in total. The molecule has 0 unspecified atom stereocenters. The number of ether oxygens (including phenoxy) is 1. The van der Waals surface area contributed by atoms with Crippen LogP contribution in [0.3, 0.4) is 0 Å². The standard InChI is InChI=1S/C22H22N4O4/c1-26-19-8-5-15(22(28)23-10-9-20(27)30-2)12-18(19)24-21(26)14-3-6-16-13(11-14)4-7-17(16)25-29/h3,5-6,8,11-12,29H,4,7,9-10H2,1-2H3,(H,23,28)/b25-17-. The van der Waals surface area contributed by atoms with Gasteiger partial charge in [-0.05, 0) is 42.7 Å². The molecule has 1 aliphatic carbocycles. The molecular formula is C22H22N4O4. The quantitative estimate of drug-likeness (QED) is 0.385. The van der Waals surface area contributed by atoms with Gasteiger partial charge in [0.05, 0.1) is 30.3 Å². The Morgan fingerprint density at radius 2 is 2.07 bits per heavy atom. The van der Waals surface area contributed by atoms with Gasteiger partial charge >= 0.3 is 5.97 Å². The molecular weight excluding hydrogens is 384 g/mol. The van der Waals surface area contributed by atoms with Gasteiger partial charge in [-0.15, -0.1) is 0 Å². The first-order valence-electron chi connectivity index (χ1n) is 9.68. The number of hydrogen-bond donors (Lipinski definition) is 2. The molecule has 8 heteroatoms. The molecule has 1 aliphatic rings. The Bertz CT molecular complexity index is 1180. The number of rotatable bonds is 5. The van der Waals surface area contributed by atoms with Crippen LogP contribution in [0.1, 0.15) is 34.3 Å². The van der Waals surface area contributed by atoms with Crippen molar-refractivity contribution in [2.45, 2.75) is 19.3 Å². The zero-order valence-electron chi connectivity index (χ0n) is 16.8. The summed E-state index contributed by atoms with van der Waals surface area (Å²) < 4.78 is 6.56. The van der Waals surface area contributed by atoms with Crippen molar-refractivity contribution < 1.29 is 19.5 Å².